The number of nitrogens with one attached hydrogen (secondary N) is 2. The second-order valence-electron chi connectivity index (χ2n) is 7.11. The highest BCUT2D eigenvalue weighted by Gasteiger charge is 2.17. The van der Waals surface area contributed by atoms with Crippen molar-refractivity contribution in [2.75, 3.05) is 23.3 Å². The molecule has 138 valence electrons. The van der Waals surface area contributed by atoms with Crippen LogP contribution in [-0.4, -0.2) is 18.2 Å². The Kier molecular flexibility index (Phi) is 6.09. The maximum Gasteiger partial charge on any atom is 0.171 e. The van der Waals surface area contributed by atoms with Gasteiger partial charge in [-0.25, -0.2) is 4.39 Å². The molecule has 0 radical (unpaired) electrons. The summed E-state index contributed by atoms with van der Waals surface area (Å²) in [5.74, 6) is 0.505. The lowest BCUT2D eigenvalue weighted by Crippen LogP contribution is -2.34. The van der Waals surface area contributed by atoms with Crippen LogP contribution >= 0.6 is 12.2 Å². The molecule has 2 atom stereocenters. The summed E-state index contributed by atoms with van der Waals surface area (Å²) in [4.78, 5) is 2.47. The van der Waals surface area contributed by atoms with Gasteiger partial charge in [0, 0.05) is 24.5 Å². The minimum absolute atomic E-state index is 0.0878. The van der Waals surface area contributed by atoms with E-state index in [1.54, 1.807) is 12.1 Å². The lowest BCUT2D eigenvalue weighted by molar-refractivity contribution is 0.447. The Hall–Kier alpha value is -2.14. The van der Waals surface area contributed by atoms with Crippen molar-refractivity contribution in [2.45, 2.75) is 32.7 Å². The van der Waals surface area contributed by atoms with Crippen LogP contribution in [0.3, 0.4) is 0 Å². The van der Waals surface area contributed by atoms with Gasteiger partial charge in [0.25, 0.3) is 0 Å². The quantitative estimate of drug-likeness (QED) is 0.731. The van der Waals surface area contributed by atoms with Gasteiger partial charge >= 0.3 is 0 Å². The fourth-order valence-electron chi connectivity index (χ4n) is 3.38. The average Bonchev–Trinajstić information content (AvgIpc) is 2.64. The van der Waals surface area contributed by atoms with Gasteiger partial charge in [-0.15, -0.1) is 0 Å². The van der Waals surface area contributed by atoms with Crippen LogP contribution in [0.2, 0.25) is 0 Å². The third-order valence-electron chi connectivity index (χ3n) is 4.86. The van der Waals surface area contributed by atoms with Gasteiger partial charge in [-0.05, 0) is 79.9 Å². The Bertz CT molecular complexity index is 730. The lowest BCUT2D eigenvalue weighted by Gasteiger charge is -2.33. The Morgan fingerprint density at radius 1 is 1.15 bits per heavy atom. The molecule has 1 aliphatic rings. The molecular formula is C21H26FN3S. The van der Waals surface area contributed by atoms with E-state index in [-0.39, 0.29) is 11.9 Å². The van der Waals surface area contributed by atoms with Gasteiger partial charge in [0.1, 0.15) is 5.82 Å². The molecule has 0 amide bonds. The standard InChI is InChI=1S/C21H26FN3S/c1-15-4-3-13-25(14-15)20-11-5-17(6-12-20)16(2)23-21(26)24-19-9-7-18(22)8-10-19/h5-12,15-16H,3-4,13-14H2,1-2H3,(H2,23,24,26)/t15-,16+/m1/s1. The predicted octanol–water partition coefficient (Wildman–Crippen LogP) is 5.11. The Labute approximate surface area is 160 Å². The highest BCUT2D eigenvalue weighted by atomic mass is 32.1. The van der Waals surface area contributed by atoms with Crippen LogP contribution in [-0.2, 0) is 0 Å². The maximum absolute atomic E-state index is 13.0. The van der Waals surface area contributed by atoms with Gasteiger partial charge in [-0.2, -0.15) is 0 Å². The molecule has 0 aliphatic carbocycles. The van der Waals surface area contributed by atoms with Crippen molar-refractivity contribution < 1.29 is 4.39 Å². The smallest absolute Gasteiger partial charge is 0.171 e. The Morgan fingerprint density at radius 3 is 2.50 bits per heavy atom. The predicted molar refractivity (Wildman–Crippen MR) is 111 cm³/mol. The topological polar surface area (TPSA) is 27.3 Å². The SMILES string of the molecule is C[C@@H]1CCCN(c2ccc([C@H](C)NC(=S)Nc3ccc(F)cc3)cc2)C1. The third-order valence-corrected chi connectivity index (χ3v) is 5.08. The van der Waals surface area contributed by atoms with E-state index in [4.69, 9.17) is 12.2 Å². The second-order valence-corrected chi connectivity index (χ2v) is 7.52. The molecule has 0 unspecified atom stereocenters. The molecule has 1 fully saturated rings. The first kappa shape index (κ1) is 18.6. The van der Waals surface area contributed by atoms with Crippen LogP contribution in [0.15, 0.2) is 48.5 Å². The van der Waals surface area contributed by atoms with E-state index in [0.29, 0.717) is 5.11 Å². The van der Waals surface area contributed by atoms with Gasteiger partial charge < -0.3 is 15.5 Å². The molecule has 1 saturated heterocycles. The Morgan fingerprint density at radius 2 is 1.85 bits per heavy atom. The van der Waals surface area contributed by atoms with E-state index in [0.717, 1.165) is 24.7 Å². The molecule has 2 N–H and O–H groups in total. The molecule has 2 aromatic rings. The molecule has 5 heteroatoms. The summed E-state index contributed by atoms with van der Waals surface area (Å²) >= 11 is 5.36. The first-order chi connectivity index (χ1) is 12.5. The van der Waals surface area contributed by atoms with Crippen molar-refractivity contribution in [3.05, 3.63) is 59.9 Å². The van der Waals surface area contributed by atoms with Gasteiger partial charge in [0.05, 0.1) is 6.04 Å². The normalized spacial score (nSPS) is 18.3. The second kappa shape index (κ2) is 8.49. The minimum Gasteiger partial charge on any atom is -0.371 e. The lowest BCUT2D eigenvalue weighted by atomic mass is 9.99. The summed E-state index contributed by atoms with van der Waals surface area (Å²) in [6, 6.07) is 15.0. The molecule has 0 aromatic heterocycles. The number of thiocarbonyl (C=S) groups is 1. The molecule has 3 rings (SSSR count). The average molecular weight is 372 g/mol. The van der Waals surface area contributed by atoms with Crippen LogP contribution in [0.25, 0.3) is 0 Å². The summed E-state index contributed by atoms with van der Waals surface area (Å²) in [6.07, 6.45) is 2.60. The van der Waals surface area contributed by atoms with Crippen molar-refractivity contribution >= 4 is 28.7 Å². The highest BCUT2D eigenvalue weighted by molar-refractivity contribution is 7.80. The number of halogens is 1. The van der Waals surface area contributed by atoms with Crippen LogP contribution in [0.4, 0.5) is 15.8 Å². The zero-order chi connectivity index (χ0) is 18.5. The number of anilines is 2. The van der Waals surface area contributed by atoms with Crippen molar-refractivity contribution in [1.82, 2.24) is 5.32 Å². The van der Waals surface area contributed by atoms with Crippen molar-refractivity contribution in [3.8, 4) is 0 Å². The number of piperidine rings is 1. The van der Waals surface area contributed by atoms with Gasteiger partial charge in [0.15, 0.2) is 5.11 Å². The summed E-state index contributed by atoms with van der Waals surface area (Å²) in [5, 5.41) is 6.89. The number of nitrogens with zero attached hydrogens (tertiary/aromatic N) is 1. The molecule has 3 nitrogen and oxygen atoms in total. The largest absolute Gasteiger partial charge is 0.371 e. The van der Waals surface area contributed by atoms with Crippen LogP contribution < -0.4 is 15.5 Å². The van der Waals surface area contributed by atoms with E-state index in [1.165, 1.54) is 36.2 Å². The van der Waals surface area contributed by atoms with E-state index >= 15 is 0 Å². The number of benzene rings is 2. The number of hydrogen-bond acceptors (Lipinski definition) is 2. The van der Waals surface area contributed by atoms with Crippen molar-refractivity contribution in [2.24, 2.45) is 5.92 Å². The first-order valence-electron chi connectivity index (χ1n) is 9.19. The van der Waals surface area contributed by atoms with Gasteiger partial charge in [-0.3, -0.25) is 0 Å². The molecular weight excluding hydrogens is 345 g/mol. The summed E-state index contributed by atoms with van der Waals surface area (Å²) in [7, 11) is 0. The van der Waals surface area contributed by atoms with Crippen LogP contribution in [0, 0.1) is 11.7 Å². The summed E-state index contributed by atoms with van der Waals surface area (Å²) < 4.78 is 13.0. The van der Waals surface area contributed by atoms with E-state index in [9.17, 15) is 4.39 Å². The van der Waals surface area contributed by atoms with Gasteiger partial charge in [0.2, 0.25) is 0 Å². The number of hydrogen-bond donors (Lipinski definition) is 2. The highest BCUT2D eigenvalue weighted by Crippen LogP contribution is 2.24. The van der Waals surface area contributed by atoms with Crippen LogP contribution in [0.5, 0.6) is 0 Å². The Balaban J connectivity index is 1.56. The molecule has 1 heterocycles. The monoisotopic (exact) mass is 371 g/mol. The molecule has 2 aromatic carbocycles. The van der Waals surface area contributed by atoms with Crippen molar-refractivity contribution in [1.29, 1.82) is 0 Å². The minimum atomic E-state index is -0.258. The molecule has 26 heavy (non-hydrogen) atoms. The maximum atomic E-state index is 13.0. The molecule has 0 bridgehead atoms. The van der Waals surface area contributed by atoms with E-state index in [1.807, 2.05) is 0 Å². The summed E-state index contributed by atoms with van der Waals surface area (Å²) in [6.45, 7) is 6.68. The van der Waals surface area contributed by atoms with E-state index in [2.05, 4.69) is 53.6 Å². The summed E-state index contributed by atoms with van der Waals surface area (Å²) in [5.41, 5.74) is 3.24. The fraction of sp³-hybridized carbons (Fsp3) is 0.381. The number of rotatable bonds is 4. The fourth-order valence-corrected chi connectivity index (χ4v) is 3.67. The van der Waals surface area contributed by atoms with Gasteiger partial charge in [-0.1, -0.05) is 19.1 Å². The molecule has 0 spiro atoms. The third kappa shape index (κ3) is 4.94. The zero-order valence-corrected chi connectivity index (χ0v) is 16.2. The van der Waals surface area contributed by atoms with Crippen LogP contribution in [0.1, 0.15) is 38.3 Å². The first-order valence-corrected chi connectivity index (χ1v) is 9.60. The van der Waals surface area contributed by atoms with Crippen molar-refractivity contribution in [3.63, 3.8) is 0 Å². The zero-order valence-electron chi connectivity index (χ0n) is 15.3. The van der Waals surface area contributed by atoms with E-state index < -0.39 is 0 Å². The molecule has 0 saturated carbocycles. The molecule has 1 aliphatic heterocycles.